The van der Waals surface area contributed by atoms with Crippen molar-refractivity contribution >= 4 is 23.3 Å². The van der Waals surface area contributed by atoms with Crippen LogP contribution in [0.25, 0.3) is 11.7 Å². The number of hydrogen-bond acceptors (Lipinski definition) is 2. The van der Waals surface area contributed by atoms with Crippen LogP contribution in [0.15, 0.2) is 30.5 Å². The molecule has 2 aromatic heterocycles. The summed E-state index contributed by atoms with van der Waals surface area (Å²) in [6, 6.07) is 5.86. The SMILES string of the molecule is CC(C)(C)NCC=Cc1c(Cl)nc2ccccn12. The van der Waals surface area contributed by atoms with E-state index in [0.717, 1.165) is 17.9 Å². The first kappa shape index (κ1) is 13.1. The maximum atomic E-state index is 6.13. The fourth-order valence-corrected chi connectivity index (χ4v) is 1.91. The Kier molecular flexibility index (Phi) is 3.73. The second kappa shape index (κ2) is 5.12. The molecule has 3 nitrogen and oxygen atoms in total. The maximum Gasteiger partial charge on any atom is 0.155 e. The molecule has 0 amide bonds. The number of halogens is 1. The second-order valence-electron chi connectivity index (χ2n) is 5.25. The van der Waals surface area contributed by atoms with Crippen molar-refractivity contribution in [2.45, 2.75) is 26.3 Å². The standard InChI is InChI=1S/C14H18ClN3/c1-14(2,3)16-9-6-7-11-13(15)17-12-8-4-5-10-18(11)12/h4-8,10,16H,9H2,1-3H3. The Labute approximate surface area is 112 Å². The Balaban J connectivity index is 2.16. The highest BCUT2D eigenvalue weighted by Gasteiger charge is 2.08. The summed E-state index contributed by atoms with van der Waals surface area (Å²) in [5, 5.41) is 3.93. The van der Waals surface area contributed by atoms with Gasteiger partial charge in [0.1, 0.15) is 5.65 Å². The van der Waals surface area contributed by atoms with E-state index in [1.54, 1.807) is 0 Å². The average molecular weight is 264 g/mol. The van der Waals surface area contributed by atoms with Gasteiger partial charge >= 0.3 is 0 Å². The lowest BCUT2D eigenvalue weighted by Gasteiger charge is -2.18. The van der Waals surface area contributed by atoms with Crippen molar-refractivity contribution in [3.05, 3.63) is 41.3 Å². The molecule has 0 radical (unpaired) electrons. The molecule has 1 N–H and O–H groups in total. The van der Waals surface area contributed by atoms with Gasteiger partial charge in [-0.3, -0.25) is 4.40 Å². The molecule has 2 rings (SSSR count). The summed E-state index contributed by atoms with van der Waals surface area (Å²) < 4.78 is 1.98. The first-order valence-corrected chi connectivity index (χ1v) is 6.39. The molecule has 2 heterocycles. The van der Waals surface area contributed by atoms with Gasteiger partial charge in [-0.05, 0) is 39.0 Å². The summed E-state index contributed by atoms with van der Waals surface area (Å²) in [4.78, 5) is 4.30. The topological polar surface area (TPSA) is 29.3 Å². The second-order valence-corrected chi connectivity index (χ2v) is 5.61. The third-order valence-electron chi connectivity index (χ3n) is 2.55. The van der Waals surface area contributed by atoms with E-state index >= 15 is 0 Å². The third kappa shape index (κ3) is 3.12. The highest BCUT2D eigenvalue weighted by Crippen LogP contribution is 2.18. The van der Waals surface area contributed by atoms with Gasteiger partial charge in [0.2, 0.25) is 0 Å². The van der Waals surface area contributed by atoms with Crippen molar-refractivity contribution in [1.82, 2.24) is 14.7 Å². The summed E-state index contributed by atoms with van der Waals surface area (Å²) in [6.07, 6.45) is 6.03. The molecule has 0 aliphatic carbocycles. The summed E-state index contributed by atoms with van der Waals surface area (Å²) in [5.41, 5.74) is 1.90. The molecule has 0 saturated carbocycles. The van der Waals surface area contributed by atoms with Gasteiger partial charge in [0.25, 0.3) is 0 Å². The largest absolute Gasteiger partial charge is 0.309 e. The Hall–Kier alpha value is -1.32. The van der Waals surface area contributed by atoms with Crippen LogP contribution < -0.4 is 5.32 Å². The molecule has 0 aliphatic rings. The van der Waals surface area contributed by atoms with Crippen LogP contribution in [0.4, 0.5) is 0 Å². The van der Waals surface area contributed by atoms with Gasteiger partial charge in [0, 0.05) is 18.3 Å². The van der Waals surface area contributed by atoms with Crippen LogP contribution in [0, 0.1) is 0 Å². The molecule has 0 spiro atoms. The van der Waals surface area contributed by atoms with Crippen molar-refractivity contribution in [2.24, 2.45) is 0 Å². The molecule has 0 atom stereocenters. The van der Waals surface area contributed by atoms with Crippen LogP contribution in [-0.2, 0) is 0 Å². The van der Waals surface area contributed by atoms with Gasteiger partial charge in [-0.1, -0.05) is 23.7 Å². The Bertz CT molecular complexity index is 564. The molecule has 0 aromatic carbocycles. The van der Waals surface area contributed by atoms with E-state index < -0.39 is 0 Å². The summed E-state index contributed by atoms with van der Waals surface area (Å²) >= 11 is 6.13. The van der Waals surface area contributed by atoms with Crippen LogP contribution in [0.5, 0.6) is 0 Å². The fourth-order valence-electron chi connectivity index (χ4n) is 1.67. The van der Waals surface area contributed by atoms with Crippen LogP contribution in [0.3, 0.4) is 0 Å². The molecule has 0 bridgehead atoms. The summed E-state index contributed by atoms with van der Waals surface area (Å²) in [6.45, 7) is 7.23. The predicted octanol–water partition coefficient (Wildman–Crippen LogP) is 3.39. The van der Waals surface area contributed by atoms with E-state index in [9.17, 15) is 0 Å². The molecule has 4 heteroatoms. The quantitative estimate of drug-likeness (QED) is 0.920. The number of nitrogens with one attached hydrogen (secondary N) is 1. The van der Waals surface area contributed by atoms with Gasteiger partial charge < -0.3 is 5.32 Å². The lowest BCUT2D eigenvalue weighted by molar-refractivity contribution is 0.450. The minimum Gasteiger partial charge on any atom is -0.309 e. The molecule has 2 aromatic rings. The van der Waals surface area contributed by atoms with Gasteiger partial charge in [0.05, 0.1) is 5.69 Å². The zero-order chi connectivity index (χ0) is 13.2. The highest BCUT2D eigenvalue weighted by molar-refractivity contribution is 6.31. The molecular formula is C14H18ClN3. The smallest absolute Gasteiger partial charge is 0.155 e. The number of aromatic nitrogens is 2. The molecular weight excluding hydrogens is 246 g/mol. The zero-order valence-electron chi connectivity index (χ0n) is 10.9. The Morgan fingerprint density at radius 2 is 2.17 bits per heavy atom. The highest BCUT2D eigenvalue weighted by atomic mass is 35.5. The number of rotatable bonds is 3. The first-order valence-electron chi connectivity index (χ1n) is 6.01. The van der Waals surface area contributed by atoms with E-state index in [1.807, 2.05) is 34.9 Å². The van der Waals surface area contributed by atoms with Crippen molar-refractivity contribution < 1.29 is 0 Å². The lowest BCUT2D eigenvalue weighted by atomic mass is 10.1. The number of fused-ring (bicyclic) bond motifs is 1. The lowest BCUT2D eigenvalue weighted by Crippen LogP contribution is -2.35. The summed E-state index contributed by atoms with van der Waals surface area (Å²) in [7, 11) is 0. The van der Waals surface area contributed by atoms with E-state index in [1.165, 1.54) is 0 Å². The number of nitrogens with zero attached hydrogens (tertiary/aromatic N) is 2. The van der Waals surface area contributed by atoms with Crippen LogP contribution in [-0.4, -0.2) is 21.5 Å². The van der Waals surface area contributed by atoms with E-state index in [-0.39, 0.29) is 5.54 Å². The minimum atomic E-state index is 0.119. The van der Waals surface area contributed by atoms with Gasteiger partial charge in [0.15, 0.2) is 5.15 Å². The van der Waals surface area contributed by atoms with Crippen molar-refractivity contribution in [3.8, 4) is 0 Å². The van der Waals surface area contributed by atoms with E-state index in [4.69, 9.17) is 11.6 Å². The Morgan fingerprint density at radius 3 is 2.89 bits per heavy atom. The minimum absolute atomic E-state index is 0.119. The molecule has 96 valence electrons. The van der Waals surface area contributed by atoms with Crippen molar-refractivity contribution in [1.29, 1.82) is 0 Å². The molecule has 18 heavy (non-hydrogen) atoms. The van der Waals surface area contributed by atoms with Gasteiger partial charge in [-0.2, -0.15) is 0 Å². The third-order valence-corrected chi connectivity index (χ3v) is 2.83. The van der Waals surface area contributed by atoms with Gasteiger partial charge in [-0.15, -0.1) is 0 Å². The number of imidazole rings is 1. The van der Waals surface area contributed by atoms with Crippen LogP contribution in [0.2, 0.25) is 5.15 Å². The monoisotopic (exact) mass is 263 g/mol. The predicted molar refractivity (Wildman–Crippen MR) is 77.0 cm³/mol. The number of hydrogen-bond donors (Lipinski definition) is 1. The zero-order valence-corrected chi connectivity index (χ0v) is 11.7. The van der Waals surface area contributed by atoms with Crippen molar-refractivity contribution in [3.63, 3.8) is 0 Å². The van der Waals surface area contributed by atoms with Crippen LogP contribution >= 0.6 is 11.6 Å². The number of pyridine rings is 1. The normalized spacial score (nSPS) is 12.7. The van der Waals surface area contributed by atoms with Crippen LogP contribution in [0.1, 0.15) is 26.5 Å². The summed E-state index contributed by atoms with van der Waals surface area (Å²) in [5.74, 6) is 0. The molecule has 0 fully saturated rings. The van der Waals surface area contributed by atoms with Gasteiger partial charge in [-0.25, -0.2) is 4.98 Å². The maximum absolute atomic E-state index is 6.13. The fraction of sp³-hybridized carbons (Fsp3) is 0.357. The molecule has 0 unspecified atom stereocenters. The average Bonchev–Trinajstić information content (AvgIpc) is 2.59. The molecule has 0 saturated heterocycles. The Morgan fingerprint density at radius 1 is 1.39 bits per heavy atom. The van der Waals surface area contributed by atoms with Crippen molar-refractivity contribution in [2.75, 3.05) is 6.54 Å². The van der Waals surface area contributed by atoms with E-state index in [0.29, 0.717) is 5.15 Å². The molecule has 0 aliphatic heterocycles. The van der Waals surface area contributed by atoms with E-state index in [2.05, 4.69) is 37.1 Å². The first-order chi connectivity index (χ1) is 8.47.